The van der Waals surface area contributed by atoms with E-state index in [-0.39, 0.29) is 18.6 Å². The summed E-state index contributed by atoms with van der Waals surface area (Å²) < 4.78 is 7.67. The van der Waals surface area contributed by atoms with Crippen LogP contribution < -0.4 is 15.5 Å². The van der Waals surface area contributed by atoms with E-state index in [0.717, 1.165) is 16.9 Å². The van der Waals surface area contributed by atoms with Crippen LogP contribution in [0.1, 0.15) is 23.0 Å². The standard InChI is InChI=1S/C25H22ClN5O2S/c1-16-12-13-18(14-20(16)26)27-24(32)23-22(17-8-4-2-5-9-17)30-31-21(28-29-25(31)34-23)15-33-19-10-6-3-7-11-19/h2-14,22-23,30H,15H2,1H3,(H,27,32)/t22-,23-/m1/s1. The van der Waals surface area contributed by atoms with Crippen LogP contribution in [0.15, 0.2) is 84.0 Å². The second-order valence-corrected chi connectivity index (χ2v) is 9.36. The number of ether oxygens (including phenoxy) is 1. The molecule has 3 aromatic carbocycles. The first-order valence-corrected chi connectivity index (χ1v) is 12.0. The molecule has 0 aliphatic carbocycles. The Bertz CT molecular complexity index is 1300. The SMILES string of the molecule is Cc1ccc(NC(=O)[C@@H]2Sc3nnc(COc4ccccc4)n3N[C@@H]2c2ccccc2)cc1Cl. The molecule has 0 bridgehead atoms. The van der Waals surface area contributed by atoms with E-state index in [1.807, 2.05) is 79.7 Å². The van der Waals surface area contributed by atoms with E-state index in [0.29, 0.717) is 21.7 Å². The van der Waals surface area contributed by atoms with Gasteiger partial charge in [-0.3, -0.25) is 4.79 Å². The van der Waals surface area contributed by atoms with Gasteiger partial charge in [-0.15, -0.1) is 10.2 Å². The number of nitrogens with one attached hydrogen (secondary N) is 2. The molecule has 0 spiro atoms. The van der Waals surface area contributed by atoms with E-state index < -0.39 is 5.25 Å². The maximum atomic E-state index is 13.4. The van der Waals surface area contributed by atoms with Gasteiger partial charge in [0.1, 0.15) is 17.6 Å². The van der Waals surface area contributed by atoms with E-state index in [1.54, 1.807) is 10.7 Å². The van der Waals surface area contributed by atoms with Gasteiger partial charge in [0.15, 0.2) is 5.82 Å². The number of amides is 1. The molecule has 2 atom stereocenters. The molecule has 2 N–H and O–H groups in total. The Morgan fingerprint density at radius 2 is 1.82 bits per heavy atom. The second-order valence-electron chi connectivity index (χ2n) is 7.85. The maximum absolute atomic E-state index is 13.4. The molecule has 2 heterocycles. The summed E-state index contributed by atoms with van der Waals surface area (Å²) in [5.41, 5.74) is 6.02. The number of nitrogens with zero attached hydrogens (tertiary/aromatic N) is 3. The lowest BCUT2D eigenvalue weighted by Crippen LogP contribution is -2.41. The molecule has 4 aromatic rings. The smallest absolute Gasteiger partial charge is 0.240 e. The number of hydrogen-bond donors (Lipinski definition) is 2. The lowest BCUT2D eigenvalue weighted by Gasteiger charge is -2.33. The van der Waals surface area contributed by atoms with Gasteiger partial charge in [0, 0.05) is 10.7 Å². The summed E-state index contributed by atoms with van der Waals surface area (Å²) in [6, 6.07) is 24.6. The summed E-state index contributed by atoms with van der Waals surface area (Å²) in [4.78, 5) is 13.4. The largest absolute Gasteiger partial charge is 0.486 e. The molecule has 1 aliphatic rings. The van der Waals surface area contributed by atoms with Crippen LogP contribution in [-0.2, 0) is 11.4 Å². The number of aromatic nitrogens is 3. The van der Waals surface area contributed by atoms with E-state index >= 15 is 0 Å². The number of anilines is 1. The topological polar surface area (TPSA) is 81.1 Å². The van der Waals surface area contributed by atoms with Gasteiger partial charge >= 0.3 is 0 Å². The number of benzene rings is 3. The fourth-order valence-corrected chi connectivity index (χ4v) is 4.93. The molecule has 0 saturated heterocycles. The Labute approximate surface area is 206 Å². The Morgan fingerprint density at radius 1 is 1.09 bits per heavy atom. The van der Waals surface area contributed by atoms with Gasteiger partial charge in [-0.25, -0.2) is 4.68 Å². The van der Waals surface area contributed by atoms with Crippen molar-refractivity contribution in [1.29, 1.82) is 0 Å². The summed E-state index contributed by atoms with van der Waals surface area (Å²) in [6.07, 6.45) is 0. The zero-order chi connectivity index (χ0) is 23.5. The van der Waals surface area contributed by atoms with Gasteiger partial charge in [0.05, 0.1) is 6.04 Å². The van der Waals surface area contributed by atoms with Crippen LogP contribution in [0.3, 0.4) is 0 Å². The Balaban J connectivity index is 1.40. The normalized spacial score (nSPS) is 16.9. The van der Waals surface area contributed by atoms with Gasteiger partial charge < -0.3 is 15.5 Å². The van der Waals surface area contributed by atoms with Gasteiger partial charge in [0.2, 0.25) is 11.1 Å². The summed E-state index contributed by atoms with van der Waals surface area (Å²) in [7, 11) is 0. The highest BCUT2D eigenvalue weighted by atomic mass is 35.5. The molecular weight excluding hydrogens is 470 g/mol. The van der Waals surface area contributed by atoms with Crippen molar-refractivity contribution < 1.29 is 9.53 Å². The molecule has 172 valence electrons. The highest BCUT2D eigenvalue weighted by Gasteiger charge is 2.38. The molecule has 1 aliphatic heterocycles. The molecule has 5 rings (SSSR count). The van der Waals surface area contributed by atoms with Gasteiger partial charge in [-0.1, -0.05) is 78.0 Å². The third kappa shape index (κ3) is 4.73. The highest BCUT2D eigenvalue weighted by Crippen LogP contribution is 2.37. The lowest BCUT2D eigenvalue weighted by molar-refractivity contribution is -0.116. The highest BCUT2D eigenvalue weighted by molar-refractivity contribution is 8.00. The Morgan fingerprint density at radius 3 is 2.56 bits per heavy atom. The van der Waals surface area contributed by atoms with Crippen LogP contribution in [0.5, 0.6) is 5.75 Å². The van der Waals surface area contributed by atoms with Crippen LogP contribution in [0.25, 0.3) is 0 Å². The number of rotatable bonds is 6. The molecule has 1 aromatic heterocycles. The minimum atomic E-state index is -0.484. The van der Waals surface area contributed by atoms with Crippen LogP contribution >= 0.6 is 23.4 Å². The minimum absolute atomic E-state index is 0.150. The van der Waals surface area contributed by atoms with Crippen molar-refractivity contribution in [1.82, 2.24) is 14.9 Å². The van der Waals surface area contributed by atoms with E-state index in [9.17, 15) is 4.79 Å². The van der Waals surface area contributed by atoms with E-state index in [2.05, 4.69) is 20.9 Å². The van der Waals surface area contributed by atoms with E-state index in [1.165, 1.54) is 11.8 Å². The number of carbonyl (C=O) groups is 1. The average Bonchev–Trinajstić information content (AvgIpc) is 3.27. The minimum Gasteiger partial charge on any atom is -0.486 e. The molecule has 0 unspecified atom stereocenters. The molecule has 7 nitrogen and oxygen atoms in total. The fraction of sp³-hybridized carbons (Fsp3) is 0.160. The van der Waals surface area contributed by atoms with Crippen molar-refractivity contribution >= 4 is 35.0 Å². The van der Waals surface area contributed by atoms with Crippen molar-refractivity contribution in [2.75, 3.05) is 10.7 Å². The molecule has 0 saturated carbocycles. The van der Waals surface area contributed by atoms with Gasteiger partial charge in [0.25, 0.3) is 0 Å². The monoisotopic (exact) mass is 491 g/mol. The summed E-state index contributed by atoms with van der Waals surface area (Å²) in [6.45, 7) is 2.16. The predicted octanol–water partition coefficient (Wildman–Crippen LogP) is 5.22. The molecular formula is C25H22ClN5O2S. The van der Waals surface area contributed by atoms with Crippen molar-refractivity contribution in [3.8, 4) is 5.75 Å². The Hall–Kier alpha value is -3.49. The Kier molecular flexibility index (Phi) is 6.42. The van der Waals surface area contributed by atoms with Gasteiger partial charge in [-0.05, 0) is 42.3 Å². The zero-order valence-corrected chi connectivity index (χ0v) is 19.9. The predicted molar refractivity (Wildman–Crippen MR) is 134 cm³/mol. The molecule has 9 heteroatoms. The zero-order valence-electron chi connectivity index (χ0n) is 18.3. The number of halogens is 1. The second kappa shape index (κ2) is 9.79. The number of aryl methyl sites for hydroxylation is 1. The van der Waals surface area contributed by atoms with Crippen LogP contribution in [-0.4, -0.2) is 26.0 Å². The molecule has 0 fully saturated rings. The number of carbonyl (C=O) groups excluding carboxylic acids is 1. The summed E-state index contributed by atoms with van der Waals surface area (Å²) >= 11 is 7.61. The van der Waals surface area contributed by atoms with Gasteiger partial charge in [-0.2, -0.15) is 0 Å². The van der Waals surface area contributed by atoms with E-state index in [4.69, 9.17) is 16.3 Å². The molecule has 0 radical (unpaired) electrons. The first-order chi connectivity index (χ1) is 16.6. The van der Waals surface area contributed by atoms with Crippen LogP contribution in [0, 0.1) is 6.92 Å². The van der Waals surface area contributed by atoms with Crippen molar-refractivity contribution in [2.45, 2.75) is 30.0 Å². The number of para-hydroxylation sites is 1. The summed E-state index contributed by atoms with van der Waals surface area (Å²) in [5, 5.41) is 12.3. The third-order valence-electron chi connectivity index (χ3n) is 5.47. The number of hydrogen-bond acceptors (Lipinski definition) is 6. The maximum Gasteiger partial charge on any atom is 0.240 e. The average molecular weight is 492 g/mol. The number of fused-ring (bicyclic) bond motifs is 1. The first kappa shape index (κ1) is 22.3. The number of thioether (sulfide) groups is 1. The fourth-order valence-electron chi connectivity index (χ4n) is 3.65. The molecule has 34 heavy (non-hydrogen) atoms. The van der Waals surface area contributed by atoms with Crippen molar-refractivity contribution in [3.05, 3.63) is 101 Å². The van der Waals surface area contributed by atoms with Crippen molar-refractivity contribution in [2.24, 2.45) is 0 Å². The van der Waals surface area contributed by atoms with Crippen LogP contribution in [0.4, 0.5) is 5.69 Å². The van der Waals surface area contributed by atoms with Crippen molar-refractivity contribution in [3.63, 3.8) is 0 Å². The third-order valence-corrected chi connectivity index (χ3v) is 7.09. The van der Waals surface area contributed by atoms with Crippen LogP contribution in [0.2, 0.25) is 5.02 Å². The molecule has 1 amide bonds. The summed E-state index contributed by atoms with van der Waals surface area (Å²) in [5.74, 6) is 1.22. The quantitative estimate of drug-likeness (QED) is 0.385. The first-order valence-electron chi connectivity index (χ1n) is 10.8. The lowest BCUT2D eigenvalue weighted by atomic mass is 10.0.